The molecule has 2 heteroatoms. The summed E-state index contributed by atoms with van der Waals surface area (Å²) in [6.45, 7) is 0.769. The monoisotopic (exact) mass is 238 g/mol. The molecule has 0 radical (unpaired) electrons. The van der Waals surface area contributed by atoms with Gasteiger partial charge in [0.2, 0.25) is 0 Å². The van der Waals surface area contributed by atoms with Crippen LogP contribution in [0.3, 0.4) is 0 Å². The van der Waals surface area contributed by atoms with Crippen LogP contribution in [0.1, 0.15) is 17.2 Å². The van der Waals surface area contributed by atoms with Crippen LogP contribution in [0.25, 0.3) is 0 Å². The minimum atomic E-state index is -0.193. The van der Waals surface area contributed by atoms with E-state index in [1.165, 1.54) is 11.1 Å². The predicted molar refractivity (Wildman–Crippen MR) is 68.1 cm³/mol. The quantitative estimate of drug-likeness (QED) is 0.768. The molecule has 4 rings (SSSR count). The zero-order valence-electron chi connectivity index (χ0n) is 9.95. The van der Waals surface area contributed by atoms with E-state index < -0.39 is 0 Å². The summed E-state index contributed by atoms with van der Waals surface area (Å²) in [6, 6.07) is 20.7. The highest BCUT2D eigenvalue weighted by Crippen LogP contribution is 2.56. The molecule has 0 bridgehead atoms. The Labute approximate surface area is 106 Å². The van der Waals surface area contributed by atoms with E-state index in [0.717, 1.165) is 6.61 Å². The minimum absolute atomic E-state index is 0.169. The Morgan fingerprint density at radius 2 is 1.50 bits per heavy atom. The summed E-state index contributed by atoms with van der Waals surface area (Å²) < 4.78 is 11.6. The molecular weight excluding hydrogens is 224 g/mol. The molecule has 0 aromatic heterocycles. The van der Waals surface area contributed by atoms with Gasteiger partial charge in [-0.2, -0.15) is 0 Å². The maximum absolute atomic E-state index is 5.86. The fourth-order valence-electron chi connectivity index (χ4n) is 2.66. The third-order valence-corrected chi connectivity index (χ3v) is 3.80. The topological polar surface area (TPSA) is 25.1 Å². The smallest absolute Gasteiger partial charge is 0.145 e. The maximum atomic E-state index is 5.86. The third-order valence-electron chi connectivity index (χ3n) is 3.80. The fraction of sp³-hybridized carbons (Fsp3) is 0.250. The van der Waals surface area contributed by atoms with Crippen LogP contribution in [0.4, 0.5) is 0 Å². The lowest BCUT2D eigenvalue weighted by Gasteiger charge is -2.08. The molecule has 2 aromatic carbocycles. The number of epoxide rings is 2. The van der Waals surface area contributed by atoms with E-state index in [1.54, 1.807) is 0 Å². The van der Waals surface area contributed by atoms with Crippen molar-refractivity contribution in [2.45, 2.75) is 17.8 Å². The highest BCUT2D eigenvalue weighted by molar-refractivity contribution is 5.34. The second kappa shape index (κ2) is 3.67. The molecule has 2 aliphatic heterocycles. The van der Waals surface area contributed by atoms with Gasteiger partial charge < -0.3 is 9.47 Å². The van der Waals surface area contributed by atoms with Crippen LogP contribution in [0.2, 0.25) is 0 Å². The van der Waals surface area contributed by atoms with Crippen molar-refractivity contribution in [3.8, 4) is 0 Å². The van der Waals surface area contributed by atoms with Crippen LogP contribution in [0, 0.1) is 0 Å². The van der Waals surface area contributed by atoms with E-state index >= 15 is 0 Å². The Balaban J connectivity index is 1.60. The van der Waals surface area contributed by atoms with Crippen molar-refractivity contribution in [2.75, 3.05) is 6.61 Å². The van der Waals surface area contributed by atoms with Gasteiger partial charge in [0.05, 0.1) is 6.61 Å². The van der Waals surface area contributed by atoms with Gasteiger partial charge in [-0.3, -0.25) is 0 Å². The van der Waals surface area contributed by atoms with E-state index in [4.69, 9.17) is 9.47 Å². The van der Waals surface area contributed by atoms with Gasteiger partial charge in [-0.25, -0.2) is 0 Å². The maximum Gasteiger partial charge on any atom is 0.145 e. The summed E-state index contributed by atoms with van der Waals surface area (Å²) in [7, 11) is 0. The molecule has 2 fully saturated rings. The summed E-state index contributed by atoms with van der Waals surface area (Å²) in [4.78, 5) is 0. The third kappa shape index (κ3) is 1.50. The van der Waals surface area contributed by atoms with E-state index in [-0.39, 0.29) is 17.8 Å². The Bertz CT molecular complexity index is 546. The SMILES string of the molecule is c1ccc(C2OC2C2(c3ccccc3)CO2)cc1. The molecule has 90 valence electrons. The molecule has 0 spiro atoms. The largest absolute Gasteiger partial charge is 0.362 e. The molecule has 0 N–H and O–H groups in total. The van der Waals surface area contributed by atoms with E-state index in [0.29, 0.717) is 0 Å². The molecule has 0 aliphatic carbocycles. The lowest BCUT2D eigenvalue weighted by atomic mass is 9.93. The van der Waals surface area contributed by atoms with Gasteiger partial charge in [-0.15, -0.1) is 0 Å². The van der Waals surface area contributed by atoms with Crippen molar-refractivity contribution < 1.29 is 9.47 Å². The molecule has 2 aliphatic rings. The number of rotatable bonds is 3. The Hall–Kier alpha value is -1.64. The molecular formula is C16H14O2. The van der Waals surface area contributed by atoms with Crippen LogP contribution in [-0.2, 0) is 15.1 Å². The van der Waals surface area contributed by atoms with Gasteiger partial charge in [0.15, 0.2) is 0 Å². The molecule has 18 heavy (non-hydrogen) atoms. The number of ether oxygens (including phenoxy) is 2. The minimum Gasteiger partial charge on any atom is -0.362 e. The van der Waals surface area contributed by atoms with Crippen molar-refractivity contribution in [3.05, 3.63) is 71.8 Å². The van der Waals surface area contributed by atoms with Crippen molar-refractivity contribution in [3.63, 3.8) is 0 Å². The van der Waals surface area contributed by atoms with Crippen LogP contribution < -0.4 is 0 Å². The molecule has 2 nitrogen and oxygen atoms in total. The summed E-state index contributed by atoms with van der Waals surface area (Å²) in [5.74, 6) is 0. The lowest BCUT2D eigenvalue weighted by molar-refractivity contribution is 0.236. The molecule has 2 aromatic rings. The highest BCUT2D eigenvalue weighted by atomic mass is 16.7. The zero-order chi connectivity index (χ0) is 12.0. The number of hydrogen-bond acceptors (Lipinski definition) is 2. The number of benzene rings is 2. The molecule has 2 saturated heterocycles. The van der Waals surface area contributed by atoms with Gasteiger partial charge >= 0.3 is 0 Å². The Morgan fingerprint density at radius 1 is 0.889 bits per heavy atom. The van der Waals surface area contributed by atoms with Crippen LogP contribution in [-0.4, -0.2) is 12.7 Å². The van der Waals surface area contributed by atoms with Crippen LogP contribution in [0.5, 0.6) is 0 Å². The average Bonchev–Trinajstić information content (AvgIpc) is 3.33. The fourth-order valence-corrected chi connectivity index (χ4v) is 2.66. The summed E-state index contributed by atoms with van der Waals surface area (Å²) >= 11 is 0. The van der Waals surface area contributed by atoms with Gasteiger partial charge in [0.1, 0.15) is 17.8 Å². The van der Waals surface area contributed by atoms with Crippen LogP contribution >= 0.6 is 0 Å². The molecule has 2 heterocycles. The molecule has 3 atom stereocenters. The van der Waals surface area contributed by atoms with E-state index in [9.17, 15) is 0 Å². The zero-order valence-corrected chi connectivity index (χ0v) is 9.95. The standard InChI is InChI=1S/C16H14O2/c1-3-7-12(8-4-1)14-15(18-14)16(11-17-16)13-9-5-2-6-10-13/h1-10,14-15H,11H2. The first-order valence-electron chi connectivity index (χ1n) is 6.30. The summed E-state index contributed by atoms with van der Waals surface area (Å²) in [6.07, 6.45) is 0.358. The first kappa shape index (κ1) is 10.3. The van der Waals surface area contributed by atoms with E-state index in [1.807, 2.05) is 12.1 Å². The van der Waals surface area contributed by atoms with Crippen molar-refractivity contribution in [2.24, 2.45) is 0 Å². The van der Waals surface area contributed by atoms with Crippen molar-refractivity contribution in [1.82, 2.24) is 0 Å². The Morgan fingerprint density at radius 3 is 2.11 bits per heavy atom. The lowest BCUT2D eigenvalue weighted by Crippen LogP contribution is -2.17. The average molecular weight is 238 g/mol. The summed E-state index contributed by atoms with van der Waals surface area (Å²) in [5.41, 5.74) is 2.28. The molecule has 0 saturated carbocycles. The molecule has 0 amide bonds. The second-order valence-electron chi connectivity index (χ2n) is 4.93. The van der Waals surface area contributed by atoms with E-state index in [2.05, 4.69) is 48.5 Å². The van der Waals surface area contributed by atoms with Gasteiger partial charge in [0.25, 0.3) is 0 Å². The van der Waals surface area contributed by atoms with Gasteiger partial charge in [-0.05, 0) is 11.1 Å². The van der Waals surface area contributed by atoms with Crippen LogP contribution in [0.15, 0.2) is 60.7 Å². The van der Waals surface area contributed by atoms with Gasteiger partial charge in [0, 0.05) is 0 Å². The highest BCUT2D eigenvalue weighted by Gasteiger charge is 2.64. The summed E-state index contributed by atoms with van der Waals surface area (Å²) in [5, 5.41) is 0. The Kier molecular flexibility index (Phi) is 2.10. The van der Waals surface area contributed by atoms with Crippen molar-refractivity contribution in [1.29, 1.82) is 0 Å². The second-order valence-corrected chi connectivity index (χ2v) is 4.93. The normalized spacial score (nSPS) is 33.1. The molecule has 3 unspecified atom stereocenters. The van der Waals surface area contributed by atoms with Crippen molar-refractivity contribution >= 4 is 0 Å². The predicted octanol–water partition coefficient (Wildman–Crippen LogP) is 3.05. The first-order valence-corrected chi connectivity index (χ1v) is 6.30. The number of hydrogen-bond donors (Lipinski definition) is 0. The van der Waals surface area contributed by atoms with Gasteiger partial charge in [-0.1, -0.05) is 60.7 Å². The first-order chi connectivity index (χ1) is 8.90.